The number of thiazole rings is 1. The molecule has 1 fully saturated rings. The van der Waals surface area contributed by atoms with Crippen LogP contribution in [0.3, 0.4) is 0 Å². The minimum absolute atomic E-state index is 0.0148. The van der Waals surface area contributed by atoms with Gasteiger partial charge in [0, 0.05) is 5.56 Å². The molecule has 1 amide bonds. The first-order chi connectivity index (χ1) is 21.6. The number of aryl methyl sites for hydroxylation is 2. The summed E-state index contributed by atoms with van der Waals surface area (Å²) in [6, 6.07) is 17.5. The van der Waals surface area contributed by atoms with Crippen molar-refractivity contribution >= 4 is 39.9 Å². The molecule has 11 heteroatoms. The Bertz CT molecular complexity index is 1830. The lowest BCUT2D eigenvalue weighted by atomic mass is 9.95. The number of benzene rings is 3. The van der Waals surface area contributed by atoms with Crippen LogP contribution in [0.2, 0.25) is 0 Å². The number of ether oxygens (including phenoxy) is 3. The van der Waals surface area contributed by atoms with Crippen LogP contribution in [0.1, 0.15) is 43.7 Å². The van der Waals surface area contributed by atoms with Gasteiger partial charge in [0.15, 0.2) is 16.6 Å². The number of carbonyl (C=O) groups excluding carboxylic acids is 3. The second-order valence-electron chi connectivity index (χ2n) is 10.1. The molecule has 1 aromatic heterocycles. The first-order valence-corrected chi connectivity index (χ1v) is 14.7. The Morgan fingerprint density at radius 2 is 1.82 bits per heavy atom. The number of hydrogen-bond acceptors (Lipinski definition) is 10. The third-order valence-corrected chi connectivity index (χ3v) is 8.39. The number of phenols is 1. The Morgan fingerprint density at radius 3 is 2.51 bits per heavy atom. The minimum atomic E-state index is -1.17. The highest BCUT2D eigenvalue weighted by molar-refractivity contribution is 7.17. The molecular weight excluding hydrogens is 596 g/mol. The zero-order valence-corrected chi connectivity index (χ0v) is 25.6. The molecule has 45 heavy (non-hydrogen) atoms. The summed E-state index contributed by atoms with van der Waals surface area (Å²) in [6.07, 6.45) is 1.43. The number of Topliss-reactive ketones (excluding diaryl/α,β-unsaturated/α-hetero) is 1. The van der Waals surface area contributed by atoms with Gasteiger partial charge in [-0.1, -0.05) is 54.3 Å². The number of anilines is 1. The van der Waals surface area contributed by atoms with Gasteiger partial charge in [0.05, 0.1) is 24.4 Å². The molecule has 0 radical (unpaired) electrons. The van der Waals surface area contributed by atoms with E-state index in [1.54, 1.807) is 31.2 Å². The highest BCUT2D eigenvalue weighted by Crippen LogP contribution is 2.45. The van der Waals surface area contributed by atoms with Crippen molar-refractivity contribution in [3.63, 3.8) is 0 Å². The zero-order chi connectivity index (χ0) is 32.2. The normalized spacial score (nSPS) is 15.6. The molecule has 1 unspecified atom stereocenters. The number of phenolic OH excluding ortho intramolecular Hbond substituents is 1. The summed E-state index contributed by atoms with van der Waals surface area (Å²) in [4.78, 5) is 45.5. The smallest absolute Gasteiger partial charge is 0.350 e. The first-order valence-electron chi connectivity index (χ1n) is 13.9. The maximum Gasteiger partial charge on any atom is 0.350 e. The van der Waals surface area contributed by atoms with Gasteiger partial charge >= 0.3 is 11.9 Å². The molecule has 2 heterocycles. The van der Waals surface area contributed by atoms with Gasteiger partial charge in [-0.2, -0.15) is 0 Å². The first kappa shape index (κ1) is 31.0. The van der Waals surface area contributed by atoms with E-state index >= 15 is 0 Å². The van der Waals surface area contributed by atoms with Gasteiger partial charge in [0.1, 0.15) is 29.6 Å². The Kier molecular flexibility index (Phi) is 9.01. The van der Waals surface area contributed by atoms with E-state index in [2.05, 4.69) is 11.6 Å². The maximum atomic E-state index is 13.6. The fourth-order valence-electron chi connectivity index (χ4n) is 4.88. The number of esters is 1. The van der Waals surface area contributed by atoms with Crippen molar-refractivity contribution in [3.05, 3.63) is 118 Å². The molecule has 0 saturated carbocycles. The van der Waals surface area contributed by atoms with Gasteiger partial charge in [0.2, 0.25) is 0 Å². The van der Waals surface area contributed by atoms with Crippen molar-refractivity contribution in [1.29, 1.82) is 0 Å². The molecule has 0 aliphatic carbocycles. The summed E-state index contributed by atoms with van der Waals surface area (Å²) in [5, 5.41) is 21.8. The average molecular weight is 627 g/mol. The number of amides is 1. The molecule has 3 aromatic carbocycles. The zero-order valence-electron chi connectivity index (χ0n) is 24.8. The number of carbonyl (C=O) groups is 3. The van der Waals surface area contributed by atoms with Gasteiger partial charge in [-0.25, -0.2) is 9.78 Å². The standard InChI is InChI=1S/C34H30N2O8S/c1-5-16-43-33(41)31-20(3)35-34(45-31)36-28(22-12-15-25(37)26(17-22)42-4)27(30(39)32(36)40)29(38)21-10-13-24(14-11-21)44-18-23-9-7-6-8-19(23)2/h5-15,17,28,37-38H,1,16,18H2,2-4H3. The number of hydrogen-bond donors (Lipinski definition) is 2. The van der Waals surface area contributed by atoms with Crippen LogP contribution in [0.25, 0.3) is 5.76 Å². The van der Waals surface area contributed by atoms with Crippen LogP contribution in [0.5, 0.6) is 17.2 Å². The van der Waals surface area contributed by atoms with Crippen molar-refractivity contribution in [1.82, 2.24) is 4.98 Å². The summed E-state index contributed by atoms with van der Waals surface area (Å²) >= 11 is 0.880. The number of methoxy groups -OCH3 is 1. The third-order valence-electron chi connectivity index (χ3n) is 7.26. The van der Waals surface area contributed by atoms with E-state index in [9.17, 15) is 24.6 Å². The monoisotopic (exact) mass is 626 g/mol. The van der Waals surface area contributed by atoms with Crippen LogP contribution >= 0.6 is 11.3 Å². The molecule has 2 N–H and O–H groups in total. The number of aliphatic hydroxyl groups is 1. The molecule has 1 aliphatic rings. The second-order valence-corrected chi connectivity index (χ2v) is 11.1. The van der Waals surface area contributed by atoms with Crippen molar-refractivity contribution in [2.24, 2.45) is 0 Å². The Balaban J connectivity index is 1.55. The van der Waals surface area contributed by atoms with E-state index in [1.807, 2.05) is 31.2 Å². The van der Waals surface area contributed by atoms with Crippen LogP contribution in [0.4, 0.5) is 5.13 Å². The lowest BCUT2D eigenvalue weighted by molar-refractivity contribution is -0.132. The number of ketones is 1. The summed E-state index contributed by atoms with van der Waals surface area (Å²) in [6.45, 7) is 7.45. The number of rotatable bonds is 10. The molecular formula is C34H30N2O8S. The number of aromatic hydroxyl groups is 1. The predicted molar refractivity (Wildman–Crippen MR) is 169 cm³/mol. The summed E-state index contributed by atoms with van der Waals surface area (Å²) in [5.74, 6) is -2.49. The molecule has 1 saturated heterocycles. The van der Waals surface area contributed by atoms with Crippen molar-refractivity contribution in [2.45, 2.75) is 26.5 Å². The summed E-state index contributed by atoms with van der Waals surface area (Å²) < 4.78 is 16.3. The highest BCUT2D eigenvalue weighted by atomic mass is 32.1. The molecule has 5 rings (SSSR count). The molecule has 230 valence electrons. The Morgan fingerprint density at radius 1 is 1.09 bits per heavy atom. The topological polar surface area (TPSA) is 135 Å². The van der Waals surface area contributed by atoms with Gasteiger partial charge in [-0.3, -0.25) is 14.5 Å². The fraction of sp³-hybridized carbons (Fsp3) is 0.176. The fourth-order valence-corrected chi connectivity index (χ4v) is 5.87. The van der Waals surface area contributed by atoms with Crippen LogP contribution in [-0.4, -0.2) is 46.6 Å². The highest BCUT2D eigenvalue weighted by Gasteiger charge is 2.48. The molecule has 4 aromatic rings. The number of aromatic nitrogens is 1. The van der Waals surface area contributed by atoms with Gasteiger partial charge in [-0.15, -0.1) is 0 Å². The second kappa shape index (κ2) is 13.1. The van der Waals surface area contributed by atoms with Gasteiger partial charge in [0.25, 0.3) is 5.78 Å². The van der Waals surface area contributed by atoms with Crippen LogP contribution in [-0.2, 0) is 20.9 Å². The number of nitrogens with zero attached hydrogens (tertiary/aromatic N) is 2. The van der Waals surface area contributed by atoms with Gasteiger partial charge in [-0.05, 0) is 66.9 Å². The lowest BCUT2D eigenvalue weighted by Crippen LogP contribution is -2.29. The van der Waals surface area contributed by atoms with E-state index in [-0.39, 0.29) is 39.3 Å². The Labute approximate surface area is 263 Å². The van der Waals surface area contributed by atoms with Crippen molar-refractivity contribution in [2.75, 3.05) is 18.6 Å². The van der Waals surface area contributed by atoms with Crippen LogP contribution in [0, 0.1) is 13.8 Å². The maximum absolute atomic E-state index is 13.6. The van der Waals surface area contributed by atoms with E-state index in [1.165, 1.54) is 31.4 Å². The molecule has 0 bridgehead atoms. The van der Waals surface area contributed by atoms with E-state index in [4.69, 9.17) is 14.2 Å². The predicted octanol–water partition coefficient (Wildman–Crippen LogP) is 6.02. The van der Waals surface area contributed by atoms with Crippen LogP contribution in [0.15, 0.2) is 85.0 Å². The quantitative estimate of drug-likeness (QED) is 0.0712. The van der Waals surface area contributed by atoms with Crippen molar-refractivity contribution in [3.8, 4) is 17.2 Å². The van der Waals surface area contributed by atoms with Crippen molar-refractivity contribution < 1.29 is 38.8 Å². The summed E-state index contributed by atoms with van der Waals surface area (Å²) in [7, 11) is 1.36. The Hall–Kier alpha value is -5.42. The minimum Gasteiger partial charge on any atom is -0.507 e. The number of aliphatic hydroxyl groups excluding tert-OH is 1. The molecule has 0 spiro atoms. The third kappa shape index (κ3) is 6.16. The average Bonchev–Trinajstić information content (AvgIpc) is 3.55. The van der Waals surface area contributed by atoms with Gasteiger partial charge < -0.3 is 24.4 Å². The molecule has 10 nitrogen and oxygen atoms in total. The van der Waals surface area contributed by atoms with E-state index in [0.29, 0.717) is 23.6 Å². The molecule has 1 aliphatic heterocycles. The summed E-state index contributed by atoms with van der Waals surface area (Å²) in [5.41, 5.74) is 2.85. The SMILES string of the molecule is C=CCOC(=O)c1sc(N2C(=O)C(=O)C(=C(O)c3ccc(OCc4ccccc4C)cc3)C2c2ccc(O)c(OC)c2)nc1C. The van der Waals surface area contributed by atoms with E-state index in [0.717, 1.165) is 27.4 Å². The molecule has 1 atom stereocenters. The van der Waals surface area contributed by atoms with E-state index < -0.39 is 29.5 Å². The largest absolute Gasteiger partial charge is 0.507 e. The van der Waals surface area contributed by atoms with Crippen LogP contribution < -0.4 is 14.4 Å². The lowest BCUT2D eigenvalue weighted by Gasteiger charge is -2.23.